The molecule has 1 aromatic heterocycles. The number of halogens is 2. The first-order valence-electron chi connectivity index (χ1n) is 7.85. The number of hydrogen-bond donors (Lipinski definition) is 2. The van der Waals surface area contributed by atoms with Crippen molar-refractivity contribution in [3.8, 4) is 0 Å². The van der Waals surface area contributed by atoms with Crippen molar-refractivity contribution in [1.29, 1.82) is 0 Å². The highest BCUT2D eigenvalue weighted by Crippen LogP contribution is 2.11. The van der Waals surface area contributed by atoms with Crippen molar-refractivity contribution >= 4 is 47.2 Å². The van der Waals surface area contributed by atoms with Gasteiger partial charge in [-0.05, 0) is 24.6 Å². The van der Waals surface area contributed by atoms with Crippen LogP contribution in [0.3, 0.4) is 0 Å². The number of nitrogens with zero attached hydrogens (tertiary/aromatic N) is 3. The molecule has 0 unspecified atom stereocenters. The monoisotopic (exact) mass is 491 g/mol. The number of carbonyl (C=O) groups excluding carboxylic acids is 1. The predicted molar refractivity (Wildman–Crippen MR) is 114 cm³/mol. The molecule has 1 aromatic carbocycles. The van der Waals surface area contributed by atoms with E-state index in [1.807, 2.05) is 18.9 Å². The molecule has 9 heteroatoms. The number of aryl methyl sites for hydroxylation is 1. The van der Waals surface area contributed by atoms with E-state index in [0.717, 1.165) is 11.3 Å². The molecule has 0 bridgehead atoms. The van der Waals surface area contributed by atoms with Gasteiger partial charge in [0, 0.05) is 33.7 Å². The lowest BCUT2D eigenvalue weighted by molar-refractivity contribution is 0.0957. The Hall–Kier alpha value is -1.75. The summed E-state index contributed by atoms with van der Waals surface area (Å²) in [5.74, 6) is 0.338. The van der Waals surface area contributed by atoms with Crippen LogP contribution >= 0.6 is 35.3 Å². The SMILES string of the molecule is CN=C(NCCNC(=O)c1scnc1C)N(C)Cc1ccc(F)cc1.I. The summed E-state index contributed by atoms with van der Waals surface area (Å²) in [4.78, 5) is 22.9. The van der Waals surface area contributed by atoms with Gasteiger partial charge in [0.1, 0.15) is 10.7 Å². The van der Waals surface area contributed by atoms with Gasteiger partial charge in [0.2, 0.25) is 0 Å². The Morgan fingerprint density at radius 2 is 1.92 bits per heavy atom. The Morgan fingerprint density at radius 3 is 2.50 bits per heavy atom. The summed E-state index contributed by atoms with van der Waals surface area (Å²) >= 11 is 1.33. The smallest absolute Gasteiger partial charge is 0.263 e. The van der Waals surface area contributed by atoms with E-state index in [1.165, 1.54) is 23.5 Å². The first-order valence-corrected chi connectivity index (χ1v) is 8.73. The number of aromatic nitrogens is 1. The van der Waals surface area contributed by atoms with Gasteiger partial charge in [-0.1, -0.05) is 12.1 Å². The van der Waals surface area contributed by atoms with Crippen LogP contribution < -0.4 is 10.6 Å². The third kappa shape index (κ3) is 6.52. The molecule has 0 aliphatic rings. The van der Waals surface area contributed by atoms with Crippen molar-refractivity contribution in [3.05, 3.63) is 51.7 Å². The van der Waals surface area contributed by atoms with Crippen LogP contribution in [-0.4, -0.2) is 48.9 Å². The summed E-state index contributed by atoms with van der Waals surface area (Å²) in [6.45, 7) is 3.44. The molecule has 6 nitrogen and oxygen atoms in total. The van der Waals surface area contributed by atoms with Crippen molar-refractivity contribution in [2.24, 2.45) is 4.99 Å². The molecule has 0 radical (unpaired) electrons. The fourth-order valence-corrected chi connectivity index (χ4v) is 2.99. The van der Waals surface area contributed by atoms with Crippen LogP contribution in [0, 0.1) is 12.7 Å². The molecule has 2 rings (SSSR count). The molecule has 26 heavy (non-hydrogen) atoms. The van der Waals surface area contributed by atoms with E-state index in [9.17, 15) is 9.18 Å². The van der Waals surface area contributed by atoms with Crippen molar-refractivity contribution < 1.29 is 9.18 Å². The summed E-state index contributed by atoms with van der Waals surface area (Å²) in [6, 6.07) is 6.38. The number of benzene rings is 1. The highest BCUT2D eigenvalue weighted by molar-refractivity contribution is 14.0. The largest absolute Gasteiger partial charge is 0.354 e. The van der Waals surface area contributed by atoms with E-state index in [2.05, 4.69) is 20.6 Å². The third-order valence-corrected chi connectivity index (χ3v) is 4.48. The van der Waals surface area contributed by atoms with Gasteiger partial charge in [-0.2, -0.15) is 0 Å². The topological polar surface area (TPSA) is 69.6 Å². The van der Waals surface area contributed by atoms with Crippen LogP contribution in [0.4, 0.5) is 4.39 Å². The molecule has 0 saturated heterocycles. The minimum Gasteiger partial charge on any atom is -0.354 e. The predicted octanol–water partition coefficient (Wildman–Crippen LogP) is 2.65. The highest BCUT2D eigenvalue weighted by Gasteiger charge is 2.11. The molecular formula is C17H23FIN5OS. The highest BCUT2D eigenvalue weighted by atomic mass is 127. The summed E-state index contributed by atoms with van der Waals surface area (Å²) in [5.41, 5.74) is 3.39. The Bertz CT molecular complexity index is 735. The van der Waals surface area contributed by atoms with Crippen molar-refractivity contribution in [2.75, 3.05) is 27.2 Å². The molecule has 0 aliphatic carbocycles. The summed E-state index contributed by atoms with van der Waals surface area (Å²) in [7, 11) is 3.60. The fourth-order valence-electron chi connectivity index (χ4n) is 2.27. The van der Waals surface area contributed by atoms with Gasteiger partial charge in [-0.25, -0.2) is 9.37 Å². The zero-order chi connectivity index (χ0) is 18.2. The Labute approximate surface area is 173 Å². The van der Waals surface area contributed by atoms with Gasteiger partial charge < -0.3 is 15.5 Å². The standard InChI is InChI=1S/C17H22FN5OS.HI/c1-12-15(25-11-22-12)16(24)20-8-9-21-17(19-2)23(3)10-13-4-6-14(18)7-5-13;/h4-7,11H,8-10H2,1-3H3,(H,19,21)(H,20,24);1H. The molecule has 0 aliphatic heterocycles. The van der Waals surface area contributed by atoms with Crippen LogP contribution in [0.5, 0.6) is 0 Å². The summed E-state index contributed by atoms with van der Waals surface area (Å²) in [6.07, 6.45) is 0. The number of guanidine groups is 1. The molecule has 0 atom stereocenters. The van der Waals surface area contributed by atoms with Crippen LogP contribution in [0.2, 0.25) is 0 Å². The molecule has 142 valence electrons. The Balaban J connectivity index is 0.00000338. The first-order chi connectivity index (χ1) is 12.0. The quantitative estimate of drug-likeness (QED) is 0.282. The van der Waals surface area contributed by atoms with Crippen LogP contribution in [-0.2, 0) is 6.54 Å². The molecule has 2 aromatic rings. The second kappa shape index (κ2) is 11.1. The fraction of sp³-hybridized carbons (Fsp3) is 0.353. The van der Waals surface area contributed by atoms with E-state index in [4.69, 9.17) is 0 Å². The summed E-state index contributed by atoms with van der Waals surface area (Å²) in [5, 5.41) is 6.04. The molecule has 0 spiro atoms. The normalized spacial score (nSPS) is 10.8. The first kappa shape index (κ1) is 22.3. The number of amides is 1. The lowest BCUT2D eigenvalue weighted by Crippen LogP contribution is -2.42. The molecule has 1 heterocycles. The van der Waals surface area contributed by atoms with Crippen molar-refractivity contribution in [3.63, 3.8) is 0 Å². The lowest BCUT2D eigenvalue weighted by Gasteiger charge is -2.22. The Kier molecular flexibility index (Phi) is 9.49. The van der Waals surface area contributed by atoms with Crippen LogP contribution in [0.25, 0.3) is 0 Å². The number of aliphatic imine (C=N–C) groups is 1. The molecule has 0 fully saturated rings. The maximum atomic E-state index is 13.0. The number of thiazole rings is 1. The summed E-state index contributed by atoms with van der Waals surface area (Å²) < 4.78 is 13.0. The second-order valence-electron chi connectivity index (χ2n) is 5.48. The third-order valence-electron chi connectivity index (χ3n) is 3.55. The van der Waals surface area contributed by atoms with Crippen molar-refractivity contribution in [1.82, 2.24) is 20.5 Å². The lowest BCUT2D eigenvalue weighted by atomic mass is 10.2. The van der Waals surface area contributed by atoms with Crippen molar-refractivity contribution in [2.45, 2.75) is 13.5 Å². The maximum Gasteiger partial charge on any atom is 0.263 e. The number of nitrogens with one attached hydrogen (secondary N) is 2. The zero-order valence-electron chi connectivity index (χ0n) is 15.0. The molecular weight excluding hydrogens is 468 g/mol. The maximum absolute atomic E-state index is 13.0. The molecule has 2 N–H and O–H groups in total. The van der Waals surface area contributed by atoms with E-state index in [-0.39, 0.29) is 35.7 Å². The molecule has 1 amide bonds. The van der Waals surface area contributed by atoms with Gasteiger partial charge in [-0.15, -0.1) is 35.3 Å². The van der Waals surface area contributed by atoms with Gasteiger partial charge in [0.05, 0.1) is 11.2 Å². The number of hydrogen-bond acceptors (Lipinski definition) is 4. The Morgan fingerprint density at radius 1 is 1.27 bits per heavy atom. The average molecular weight is 491 g/mol. The minimum absolute atomic E-state index is 0. The van der Waals surface area contributed by atoms with Gasteiger partial charge in [0.25, 0.3) is 5.91 Å². The zero-order valence-corrected chi connectivity index (χ0v) is 18.1. The van der Waals surface area contributed by atoms with Crippen LogP contribution in [0.15, 0.2) is 34.8 Å². The van der Waals surface area contributed by atoms with Gasteiger partial charge in [0.15, 0.2) is 5.96 Å². The van der Waals surface area contributed by atoms with Gasteiger partial charge >= 0.3 is 0 Å². The number of carbonyl (C=O) groups is 1. The minimum atomic E-state index is -0.249. The van der Waals surface area contributed by atoms with E-state index >= 15 is 0 Å². The second-order valence-corrected chi connectivity index (χ2v) is 6.33. The molecule has 0 saturated carbocycles. The van der Waals surface area contributed by atoms with Gasteiger partial charge in [-0.3, -0.25) is 9.79 Å². The average Bonchev–Trinajstić information content (AvgIpc) is 3.03. The number of rotatable bonds is 6. The van der Waals surface area contributed by atoms with E-state index < -0.39 is 0 Å². The van der Waals surface area contributed by atoms with E-state index in [0.29, 0.717) is 30.5 Å². The van der Waals surface area contributed by atoms with E-state index in [1.54, 1.807) is 24.7 Å². The van der Waals surface area contributed by atoms with Crippen LogP contribution in [0.1, 0.15) is 20.9 Å².